The van der Waals surface area contributed by atoms with Gasteiger partial charge >= 0.3 is 0 Å². The molecule has 0 saturated heterocycles. The van der Waals surface area contributed by atoms with Crippen molar-refractivity contribution in [1.29, 1.82) is 0 Å². The van der Waals surface area contributed by atoms with Crippen molar-refractivity contribution in [2.75, 3.05) is 32.2 Å². The molecule has 3 rings (SSSR count). The highest BCUT2D eigenvalue weighted by atomic mass is 16.5. The zero-order valence-corrected chi connectivity index (χ0v) is 26.0. The second-order valence-corrected chi connectivity index (χ2v) is 12.5. The zero-order valence-electron chi connectivity index (χ0n) is 26.0. The van der Waals surface area contributed by atoms with Crippen LogP contribution in [0.15, 0.2) is 24.4 Å². The molecule has 0 N–H and O–H groups in total. The minimum atomic E-state index is -0.0670. The summed E-state index contributed by atoms with van der Waals surface area (Å²) >= 11 is 0. The second kappa shape index (κ2) is 13.5. The molecule has 2 aromatic rings. The van der Waals surface area contributed by atoms with Gasteiger partial charge in [0.2, 0.25) is 0 Å². The third-order valence-corrected chi connectivity index (χ3v) is 8.24. The third-order valence-electron chi connectivity index (χ3n) is 8.24. The van der Waals surface area contributed by atoms with Crippen LogP contribution in [0.3, 0.4) is 0 Å². The molecule has 1 aromatic heterocycles. The number of hydrogen-bond acceptors (Lipinski definition) is 4. The zero-order chi connectivity index (χ0) is 28.0. The van der Waals surface area contributed by atoms with E-state index in [2.05, 4.69) is 89.4 Å². The number of benzene rings is 1. The minimum absolute atomic E-state index is 0.0617. The van der Waals surface area contributed by atoms with Gasteiger partial charge in [0.1, 0.15) is 0 Å². The van der Waals surface area contributed by atoms with Gasteiger partial charge in [-0.25, -0.2) is 0 Å². The molecule has 1 heterocycles. The predicted octanol–water partition coefficient (Wildman–Crippen LogP) is 8.03. The van der Waals surface area contributed by atoms with Crippen LogP contribution in [0.2, 0.25) is 0 Å². The molecule has 1 aromatic carbocycles. The van der Waals surface area contributed by atoms with E-state index in [4.69, 9.17) is 14.6 Å². The monoisotopic (exact) mass is 525 g/mol. The molecule has 2 atom stereocenters. The van der Waals surface area contributed by atoms with Crippen molar-refractivity contribution < 1.29 is 9.47 Å². The Labute approximate surface area is 233 Å². The molecule has 5 heteroatoms. The quantitative estimate of drug-likeness (QED) is 0.250. The highest BCUT2D eigenvalue weighted by Gasteiger charge is 2.54. The van der Waals surface area contributed by atoms with Crippen LogP contribution in [0.4, 0.5) is 5.69 Å². The van der Waals surface area contributed by atoms with Crippen molar-refractivity contribution in [3.05, 3.63) is 46.8 Å². The van der Waals surface area contributed by atoms with Gasteiger partial charge in [0.15, 0.2) is 0 Å². The number of methoxy groups -OCH3 is 2. The molecule has 5 nitrogen and oxygen atoms in total. The average molecular weight is 526 g/mol. The summed E-state index contributed by atoms with van der Waals surface area (Å²) in [6, 6.07) is 7.19. The van der Waals surface area contributed by atoms with Crippen LogP contribution in [-0.2, 0) is 21.4 Å². The van der Waals surface area contributed by atoms with Crippen LogP contribution >= 0.6 is 0 Å². The van der Waals surface area contributed by atoms with Crippen molar-refractivity contribution in [2.24, 2.45) is 0 Å². The number of rotatable bonds is 14. The van der Waals surface area contributed by atoms with Crippen LogP contribution < -0.4 is 4.90 Å². The van der Waals surface area contributed by atoms with Crippen LogP contribution in [0, 0.1) is 0 Å². The first-order valence-corrected chi connectivity index (χ1v) is 15.2. The Bertz CT molecular complexity index is 986. The molecule has 0 spiro atoms. The Hall–Kier alpha value is -1.85. The lowest BCUT2D eigenvalue weighted by Gasteiger charge is -2.50. The fraction of sp³-hybridized carbons (Fsp3) is 0.727. The molecule has 1 fully saturated rings. The Morgan fingerprint density at radius 1 is 0.921 bits per heavy atom. The standard InChI is InChI=1S/C33H55N3O2/c1-11-14-19-35(20-15-12-2)27-18-17-25(21-24(27)16-13-3)28-31(37-9)29(32(28)38-10)26-22-36(33(6,7)8)34-30(26)23(4)5/h17-18,21-23,28-29,31-32H,11-16,19-20H2,1-10H3. The van der Waals surface area contributed by atoms with E-state index >= 15 is 0 Å². The largest absolute Gasteiger partial charge is 0.380 e. The topological polar surface area (TPSA) is 39.5 Å². The highest BCUT2D eigenvalue weighted by Crippen LogP contribution is 2.53. The van der Waals surface area contributed by atoms with E-state index in [1.165, 1.54) is 48.1 Å². The first-order valence-electron chi connectivity index (χ1n) is 15.2. The van der Waals surface area contributed by atoms with E-state index in [-0.39, 0.29) is 29.6 Å². The molecule has 2 unspecified atom stereocenters. The van der Waals surface area contributed by atoms with E-state index < -0.39 is 0 Å². The van der Waals surface area contributed by atoms with Gasteiger partial charge in [0.25, 0.3) is 0 Å². The van der Waals surface area contributed by atoms with E-state index in [0.717, 1.165) is 31.6 Å². The highest BCUT2D eigenvalue weighted by molar-refractivity contribution is 5.56. The summed E-state index contributed by atoms with van der Waals surface area (Å²) in [5, 5.41) is 5.04. The van der Waals surface area contributed by atoms with Gasteiger partial charge < -0.3 is 14.4 Å². The van der Waals surface area contributed by atoms with Gasteiger partial charge in [-0.15, -0.1) is 0 Å². The van der Waals surface area contributed by atoms with Crippen LogP contribution in [0.5, 0.6) is 0 Å². The maximum atomic E-state index is 6.24. The first kappa shape index (κ1) is 30.7. The van der Waals surface area contributed by atoms with Crippen molar-refractivity contribution in [1.82, 2.24) is 9.78 Å². The molecule has 1 aliphatic carbocycles. The number of nitrogens with zero attached hydrogens (tertiary/aromatic N) is 3. The van der Waals surface area contributed by atoms with Crippen molar-refractivity contribution in [3.63, 3.8) is 0 Å². The summed E-state index contributed by atoms with van der Waals surface area (Å²) in [6.45, 7) is 20.2. The molecule has 1 aliphatic rings. The summed E-state index contributed by atoms with van der Waals surface area (Å²) in [5.41, 5.74) is 6.60. The molecule has 38 heavy (non-hydrogen) atoms. The van der Waals surface area contributed by atoms with Crippen molar-refractivity contribution in [3.8, 4) is 0 Å². The Kier molecular flexibility index (Phi) is 10.9. The second-order valence-electron chi connectivity index (χ2n) is 12.5. The number of aryl methyl sites for hydroxylation is 1. The van der Waals surface area contributed by atoms with Crippen LogP contribution in [0.25, 0.3) is 0 Å². The van der Waals surface area contributed by atoms with Crippen molar-refractivity contribution in [2.45, 2.75) is 129 Å². The summed E-state index contributed by atoms with van der Waals surface area (Å²) in [7, 11) is 3.72. The summed E-state index contributed by atoms with van der Waals surface area (Å²) in [6.07, 6.45) is 9.53. The molecule has 1 saturated carbocycles. The normalized spacial score (nSPS) is 21.7. The lowest BCUT2D eigenvalue weighted by atomic mass is 9.62. The van der Waals surface area contributed by atoms with E-state index in [0.29, 0.717) is 5.92 Å². The van der Waals surface area contributed by atoms with Crippen LogP contribution in [-0.4, -0.2) is 49.3 Å². The molecular weight excluding hydrogens is 470 g/mol. The molecular formula is C33H55N3O2. The fourth-order valence-corrected chi connectivity index (χ4v) is 6.09. The lowest BCUT2D eigenvalue weighted by molar-refractivity contribution is -0.116. The van der Waals surface area contributed by atoms with Gasteiger partial charge in [-0.1, -0.05) is 66.0 Å². The van der Waals surface area contributed by atoms with E-state index in [9.17, 15) is 0 Å². The lowest BCUT2D eigenvalue weighted by Crippen LogP contribution is -2.53. The number of anilines is 1. The molecule has 0 bridgehead atoms. The predicted molar refractivity (Wildman–Crippen MR) is 161 cm³/mol. The average Bonchev–Trinajstić information content (AvgIpc) is 3.30. The third kappa shape index (κ3) is 6.47. The molecule has 0 radical (unpaired) electrons. The Morgan fingerprint density at radius 2 is 1.53 bits per heavy atom. The Morgan fingerprint density at radius 3 is 2.00 bits per heavy atom. The smallest absolute Gasteiger partial charge is 0.0759 e. The molecule has 0 amide bonds. The SMILES string of the molecule is CCCCN(CCCC)c1ccc(C2C(OC)C(c3cn(C(C)(C)C)nc3C(C)C)C2OC)cc1CCC. The van der Waals surface area contributed by atoms with Gasteiger partial charge in [-0.3, -0.25) is 4.68 Å². The number of aromatic nitrogens is 2. The summed E-state index contributed by atoms with van der Waals surface area (Å²) in [4.78, 5) is 2.63. The van der Waals surface area contributed by atoms with Gasteiger partial charge in [-0.05, 0) is 63.1 Å². The molecule has 214 valence electrons. The summed E-state index contributed by atoms with van der Waals surface area (Å²) < 4.78 is 14.6. The minimum Gasteiger partial charge on any atom is -0.380 e. The number of unbranched alkanes of at least 4 members (excludes halogenated alkanes) is 2. The van der Waals surface area contributed by atoms with E-state index in [1.807, 2.05) is 14.2 Å². The van der Waals surface area contributed by atoms with Gasteiger partial charge in [0.05, 0.1) is 23.4 Å². The van der Waals surface area contributed by atoms with Crippen molar-refractivity contribution >= 4 is 5.69 Å². The summed E-state index contributed by atoms with van der Waals surface area (Å²) in [5.74, 6) is 0.719. The maximum absolute atomic E-state index is 6.24. The van der Waals surface area contributed by atoms with E-state index in [1.54, 1.807) is 0 Å². The van der Waals surface area contributed by atoms with Gasteiger partial charge in [-0.2, -0.15) is 5.10 Å². The fourth-order valence-electron chi connectivity index (χ4n) is 6.09. The van der Waals surface area contributed by atoms with Crippen LogP contribution in [0.1, 0.15) is 128 Å². The maximum Gasteiger partial charge on any atom is 0.0759 e. The molecule has 0 aliphatic heterocycles. The first-order chi connectivity index (χ1) is 18.1. The number of ether oxygens (including phenoxy) is 2. The van der Waals surface area contributed by atoms with Gasteiger partial charge in [0, 0.05) is 56.6 Å². The number of hydrogen-bond donors (Lipinski definition) is 0. The Balaban J connectivity index is 1.99.